The first-order valence-electron chi connectivity index (χ1n) is 9.99. The van der Waals surface area contributed by atoms with Crippen LogP contribution in [0.1, 0.15) is 60.5 Å². The summed E-state index contributed by atoms with van der Waals surface area (Å²) >= 11 is 0. The van der Waals surface area contributed by atoms with Gasteiger partial charge in [0.2, 0.25) is 5.95 Å². The lowest BCUT2D eigenvalue weighted by molar-refractivity contribution is 0.0998. The van der Waals surface area contributed by atoms with Crippen LogP contribution in [0.2, 0.25) is 0 Å². The Morgan fingerprint density at radius 1 is 1.23 bits per heavy atom. The van der Waals surface area contributed by atoms with Crippen LogP contribution >= 0.6 is 0 Å². The van der Waals surface area contributed by atoms with Gasteiger partial charge in [0.1, 0.15) is 11.4 Å². The zero-order chi connectivity index (χ0) is 20.8. The molecule has 0 unspecified atom stereocenters. The molecule has 4 aromatic rings. The summed E-state index contributed by atoms with van der Waals surface area (Å²) in [6, 6.07) is 12.5. The third-order valence-corrected chi connectivity index (χ3v) is 5.16. The average molecular weight is 403 g/mol. The number of carbonyl (C=O) groups is 1. The molecule has 0 saturated heterocycles. The highest BCUT2D eigenvalue weighted by Gasteiger charge is 2.29. The second-order valence-electron chi connectivity index (χ2n) is 7.89. The van der Waals surface area contributed by atoms with Crippen LogP contribution < -0.4 is 10.9 Å². The van der Waals surface area contributed by atoms with Gasteiger partial charge in [0, 0.05) is 23.4 Å². The van der Waals surface area contributed by atoms with Crippen LogP contribution in [0.15, 0.2) is 51.7 Å². The highest BCUT2D eigenvalue weighted by molar-refractivity contribution is 6.04. The van der Waals surface area contributed by atoms with Gasteiger partial charge in [-0.05, 0) is 30.9 Å². The van der Waals surface area contributed by atoms with E-state index in [2.05, 4.69) is 20.4 Å². The molecular formula is C22H21N5O3. The molecule has 0 radical (unpaired) electrons. The number of hydrogen-bond acceptors (Lipinski definition) is 5. The molecule has 152 valence electrons. The lowest BCUT2D eigenvalue weighted by Crippen LogP contribution is -2.19. The minimum absolute atomic E-state index is 0.0816. The summed E-state index contributed by atoms with van der Waals surface area (Å²) in [6.45, 7) is 3.93. The number of nitrogens with zero attached hydrogens (tertiary/aromatic N) is 3. The average Bonchev–Trinajstić information content (AvgIpc) is 3.34. The number of nitrogens with one attached hydrogen (secondary N) is 2. The second-order valence-corrected chi connectivity index (χ2v) is 7.89. The molecule has 0 atom stereocenters. The lowest BCUT2D eigenvalue weighted by Gasteiger charge is -2.09. The molecule has 1 aliphatic carbocycles. The van der Waals surface area contributed by atoms with Crippen LogP contribution in [0.5, 0.6) is 0 Å². The molecule has 8 heteroatoms. The van der Waals surface area contributed by atoms with Gasteiger partial charge >= 0.3 is 0 Å². The van der Waals surface area contributed by atoms with Gasteiger partial charge in [0.15, 0.2) is 5.76 Å². The normalized spacial score (nSPS) is 13.8. The van der Waals surface area contributed by atoms with Crippen molar-refractivity contribution in [3.8, 4) is 5.95 Å². The minimum atomic E-state index is -0.392. The van der Waals surface area contributed by atoms with E-state index < -0.39 is 5.91 Å². The molecule has 0 spiro atoms. The van der Waals surface area contributed by atoms with Crippen molar-refractivity contribution in [3.63, 3.8) is 0 Å². The fraction of sp³-hybridized carbons (Fsp3) is 0.273. The number of hydrogen-bond donors (Lipinski definition) is 2. The van der Waals surface area contributed by atoms with E-state index in [0.29, 0.717) is 23.0 Å². The number of amides is 1. The molecule has 1 aliphatic rings. The molecule has 30 heavy (non-hydrogen) atoms. The monoisotopic (exact) mass is 403 g/mol. The predicted molar refractivity (Wildman–Crippen MR) is 112 cm³/mol. The first-order chi connectivity index (χ1) is 14.5. The Kier molecular flexibility index (Phi) is 4.27. The SMILES string of the molecule is CC(C)c1cc(=O)[nH]c(-n2nc(C3CC3)cc2NC(=O)c2cc3ccccc3o2)n1. The van der Waals surface area contributed by atoms with Crippen molar-refractivity contribution in [1.82, 2.24) is 19.7 Å². The summed E-state index contributed by atoms with van der Waals surface area (Å²) in [5.41, 5.74) is 1.91. The van der Waals surface area contributed by atoms with E-state index in [1.54, 1.807) is 6.07 Å². The van der Waals surface area contributed by atoms with E-state index in [-0.39, 0.29) is 23.2 Å². The van der Waals surface area contributed by atoms with Gasteiger partial charge in [-0.3, -0.25) is 14.6 Å². The molecule has 1 fully saturated rings. The first kappa shape index (κ1) is 18.4. The van der Waals surface area contributed by atoms with Crippen molar-refractivity contribution in [1.29, 1.82) is 0 Å². The lowest BCUT2D eigenvalue weighted by atomic mass is 10.1. The predicted octanol–water partition coefficient (Wildman–Crippen LogP) is 3.95. The smallest absolute Gasteiger partial charge is 0.292 e. The van der Waals surface area contributed by atoms with Crippen LogP contribution in [0.4, 0.5) is 5.82 Å². The van der Waals surface area contributed by atoms with Crippen LogP contribution in [0.25, 0.3) is 16.9 Å². The van der Waals surface area contributed by atoms with Gasteiger partial charge in [0.25, 0.3) is 11.5 Å². The Hall–Kier alpha value is -3.68. The van der Waals surface area contributed by atoms with Crippen molar-refractivity contribution < 1.29 is 9.21 Å². The summed E-state index contributed by atoms with van der Waals surface area (Å²) in [4.78, 5) is 32.3. The molecule has 3 aromatic heterocycles. The quantitative estimate of drug-likeness (QED) is 0.525. The molecule has 8 nitrogen and oxygen atoms in total. The van der Waals surface area contributed by atoms with E-state index >= 15 is 0 Å². The molecule has 1 saturated carbocycles. The Morgan fingerprint density at radius 3 is 2.77 bits per heavy atom. The summed E-state index contributed by atoms with van der Waals surface area (Å²) in [5.74, 6) is 0.974. The van der Waals surface area contributed by atoms with Crippen LogP contribution in [-0.2, 0) is 0 Å². The number of furan rings is 1. The highest BCUT2D eigenvalue weighted by atomic mass is 16.3. The number of carbonyl (C=O) groups excluding carboxylic acids is 1. The molecule has 3 heterocycles. The number of benzene rings is 1. The number of para-hydroxylation sites is 1. The Bertz CT molecular complexity index is 1280. The van der Waals surface area contributed by atoms with E-state index in [4.69, 9.17) is 4.42 Å². The highest BCUT2D eigenvalue weighted by Crippen LogP contribution is 2.40. The maximum Gasteiger partial charge on any atom is 0.292 e. The second kappa shape index (κ2) is 6.98. The molecule has 5 rings (SSSR count). The van der Waals surface area contributed by atoms with Crippen LogP contribution in [0, 0.1) is 0 Å². The van der Waals surface area contributed by atoms with Gasteiger partial charge < -0.3 is 9.73 Å². The maximum atomic E-state index is 12.9. The van der Waals surface area contributed by atoms with E-state index in [0.717, 1.165) is 23.9 Å². The standard InChI is InChI=1S/C22H21N5O3/c1-12(2)15-11-20(28)25-22(23-15)27-19(10-16(26-27)13-7-8-13)24-21(29)18-9-14-5-3-4-6-17(14)30-18/h3-6,9-13H,7-8H2,1-2H3,(H,24,29)(H,23,25,28). The minimum Gasteiger partial charge on any atom is -0.451 e. The van der Waals surface area contributed by atoms with Crippen molar-refractivity contribution in [2.24, 2.45) is 0 Å². The first-order valence-corrected chi connectivity index (χ1v) is 9.99. The van der Waals surface area contributed by atoms with E-state index in [1.807, 2.05) is 44.2 Å². The number of aromatic amines is 1. The zero-order valence-corrected chi connectivity index (χ0v) is 16.7. The number of aromatic nitrogens is 4. The van der Waals surface area contributed by atoms with Gasteiger partial charge in [-0.15, -0.1) is 0 Å². The van der Waals surface area contributed by atoms with Gasteiger partial charge in [-0.25, -0.2) is 4.98 Å². The summed E-state index contributed by atoms with van der Waals surface area (Å²) in [5, 5.41) is 8.33. The number of anilines is 1. The Balaban J connectivity index is 1.53. The summed E-state index contributed by atoms with van der Waals surface area (Å²) in [6.07, 6.45) is 2.12. The van der Waals surface area contributed by atoms with Gasteiger partial charge in [-0.2, -0.15) is 9.78 Å². The third kappa shape index (κ3) is 3.41. The summed E-state index contributed by atoms with van der Waals surface area (Å²) in [7, 11) is 0. The van der Waals surface area contributed by atoms with Gasteiger partial charge in [-0.1, -0.05) is 32.0 Å². The molecule has 0 bridgehead atoms. The van der Waals surface area contributed by atoms with E-state index in [1.165, 1.54) is 10.7 Å². The van der Waals surface area contributed by atoms with Crippen molar-refractivity contribution in [2.45, 2.75) is 38.5 Å². The third-order valence-electron chi connectivity index (χ3n) is 5.16. The van der Waals surface area contributed by atoms with E-state index in [9.17, 15) is 9.59 Å². The molecule has 1 amide bonds. The fourth-order valence-electron chi connectivity index (χ4n) is 3.36. The van der Waals surface area contributed by atoms with Crippen molar-refractivity contribution >= 4 is 22.7 Å². The molecular weight excluding hydrogens is 382 g/mol. The number of rotatable bonds is 5. The van der Waals surface area contributed by atoms with Gasteiger partial charge in [0.05, 0.1) is 11.4 Å². The molecule has 2 N–H and O–H groups in total. The van der Waals surface area contributed by atoms with Crippen LogP contribution in [-0.4, -0.2) is 25.7 Å². The van der Waals surface area contributed by atoms with Crippen molar-refractivity contribution in [3.05, 3.63) is 70.0 Å². The molecule has 0 aliphatic heterocycles. The fourth-order valence-corrected chi connectivity index (χ4v) is 3.36. The topological polar surface area (TPSA) is 106 Å². The Labute approximate surface area is 171 Å². The Morgan fingerprint density at radius 2 is 2.03 bits per heavy atom. The number of fused-ring (bicyclic) bond motifs is 1. The molecule has 1 aromatic carbocycles. The largest absolute Gasteiger partial charge is 0.451 e. The summed E-state index contributed by atoms with van der Waals surface area (Å²) < 4.78 is 7.16. The van der Waals surface area contributed by atoms with Crippen LogP contribution in [0.3, 0.4) is 0 Å². The number of H-pyrrole nitrogens is 1. The zero-order valence-electron chi connectivity index (χ0n) is 16.7. The maximum absolute atomic E-state index is 12.9. The van der Waals surface area contributed by atoms with Crippen molar-refractivity contribution in [2.75, 3.05) is 5.32 Å².